The molecule has 0 aromatic heterocycles. The van der Waals surface area contributed by atoms with Crippen molar-refractivity contribution in [2.75, 3.05) is 13.2 Å². The van der Waals surface area contributed by atoms with Crippen LogP contribution in [0.5, 0.6) is 0 Å². The van der Waals surface area contributed by atoms with Crippen LogP contribution in [0.15, 0.2) is 24.3 Å². The Bertz CT molecular complexity index is 385. The van der Waals surface area contributed by atoms with Gasteiger partial charge in [0.15, 0.2) is 0 Å². The highest BCUT2D eigenvalue weighted by Gasteiger charge is 2.43. The van der Waals surface area contributed by atoms with Gasteiger partial charge in [0.25, 0.3) is 0 Å². The molecule has 1 saturated heterocycles. The van der Waals surface area contributed by atoms with Crippen LogP contribution in [-0.4, -0.2) is 18.8 Å². The van der Waals surface area contributed by atoms with Gasteiger partial charge in [0.1, 0.15) is 0 Å². The van der Waals surface area contributed by atoms with Crippen molar-refractivity contribution < 1.29 is 4.74 Å². The third-order valence-corrected chi connectivity index (χ3v) is 3.66. The van der Waals surface area contributed by atoms with Crippen LogP contribution in [0.1, 0.15) is 44.7 Å². The number of benzene rings is 1. The summed E-state index contributed by atoms with van der Waals surface area (Å²) in [7, 11) is 0. The molecule has 1 heterocycles. The summed E-state index contributed by atoms with van der Waals surface area (Å²) in [5.74, 6) is 0. The van der Waals surface area contributed by atoms with Gasteiger partial charge in [-0.25, -0.2) is 0 Å². The van der Waals surface area contributed by atoms with Crippen molar-refractivity contribution in [2.45, 2.75) is 51.0 Å². The lowest BCUT2D eigenvalue weighted by atomic mass is 9.71. The van der Waals surface area contributed by atoms with Gasteiger partial charge < -0.3 is 10.5 Å². The van der Waals surface area contributed by atoms with Gasteiger partial charge in [0, 0.05) is 11.0 Å². The quantitative estimate of drug-likeness (QED) is 0.868. The Hall–Kier alpha value is -0.860. The average Bonchev–Trinajstić information content (AvgIpc) is 2.24. The Morgan fingerprint density at radius 1 is 1.22 bits per heavy atom. The first-order valence-electron chi connectivity index (χ1n) is 6.91. The van der Waals surface area contributed by atoms with Crippen molar-refractivity contribution >= 4 is 0 Å². The first kappa shape index (κ1) is 13.6. The predicted octanol–water partition coefficient (Wildman–Crippen LogP) is 3.03. The van der Waals surface area contributed by atoms with E-state index in [0.29, 0.717) is 0 Å². The fraction of sp³-hybridized carbons (Fsp3) is 0.625. The molecule has 1 aromatic carbocycles. The average molecular weight is 247 g/mol. The summed E-state index contributed by atoms with van der Waals surface area (Å²) in [6.45, 7) is 8.02. The fourth-order valence-corrected chi connectivity index (χ4v) is 2.91. The summed E-state index contributed by atoms with van der Waals surface area (Å²) in [6, 6.07) is 9.03. The molecule has 0 atom stereocenters. The SMILES string of the molecule is CCCc1ccc(C2(CC(C)(C)N)COC2)cc1. The first-order chi connectivity index (χ1) is 8.45. The number of ether oxygens (including phenoxy) is 1. The third-order valence-electron chi connectivity index (χ3n) is 3.66. The molecular weight excluding hydrogens is 222 g/mol. The van der Waals surface area contributed by atoms with E-state index in [9.17, 15) is 0 Å². The molecule has 0 unspecified atom stereocenters. The van der Waals surface area contributed by atoms with Crippen LogP contribution in [0.4, 0.5) is 0 Å². The van der Waals surface area contributed by atoms with Crippen molar-refractivity contribution in [3.05, 3.63) is 35.4 Å². The summed E-state index contributed by atoms with van der Waals surface area (Å²) in [4.78, 5) is 0. The summed E-state index contributed by atoms with van der Waals surface area (Å²) < 4.78 is 5.46. The van der Waals surface area contributed by atoms with E-state index in [4.69, 9.17) is 10.5 Å². The second kappa shape index (κ2) is 5.02. The van der Waals surface area contributed by atoms with E-state index in [0.717, 1.165) is 26.1 Å². The molecule has 1 aliphatic heterocycles. The lowest BCUT2D eigenvalue weighted by Gasteiger charge is -2.45. The molecule has 1 aliphatic rings. The van der Waals surface area contributed by atoms with E-state index in [1.54, 1.807) is 0 Å². The summed E-state index contributed by atoms with van der Waals surface area (Å²) >= 11 is 0. The Morgan fingerprint density at radius 2 is 1.83 bits per heavy atom. The zero-order valence-corrected chi connectivity index (χ0v) is 11.8. The van der Waals surface area contributed by atoms with Crippen LogP contribution in [0, 0.1) is 0 Å². The molecule has 2 rings (SSSR count). The molecule has 0 bridgehead atoms. The maximum atomic E-state index is 6.19. The smallest absolute Gasteiger partial charge is 0.0586 e. The van der Waals surface area contributed by atoms with Crippen LogP contribution >= 0.6 is 0 Å². The number of hydrogen-bond donors (Lipinski definition) is 1. The Kier molecular flexibility index (Phi) is 3.79. The van der Waals surface area contributed by atoms with Crippen molar-refractivity contribution in [2.24, 2.45) is 5.73 Å². The molecule has 2 heteroatoms. The highest BCUT2D eigenvalue weighted by molar-refractivity contribution is 5.32. The summed E-state index contributed by atoms with van der Waals surface area (Å²) in [5, 5.41) is 0. The topological polar surface area (TPSA) is 35.2 Å². The van der Waals surface area contributed by atoms with Gasteiger partial charge in [0.05, 0.1) is 13.2 Å². The van der Waals surface area contributed by atoms with Crippen LogP contribution in [0.25, 0.3) is 0 Å². The second-order valence-corrected chi connectivity index (χ2v) is 6.39. The van der Waals surface area contributed by atoms with Crippen LogP contribution in [0.2, 0.25) is 0 Å². The zero-order valence-electron chi connectivity index (χ0n) is 11.8. The molecule has 100 valence electrons. The minimum atomic E-state index is -0.147. The third kappa shape index (κ3) is 2.93. The van der Waals surface area contributed by atoms with Crippen molar-refractivity contribution in [1.82, 2.24) is 0 Å². The number of nitrogens with two attached hydrogens (primary N) is 1. The molecule has 0 aliphatic carbocycles. The molecule has 0 radical (unpaired) electrons. The van der Waals surface area contributed by atoms with Gasteiger partial charge in [-0.15, -0.1) is 0 Å². The maximum absolute atomic E-state index is 6.19. The van der Waals surface area contributed by atoms with Gasteiger partial charge in [-0.1, -0.05) is 37.6 Å². The molecule has 0 saturated carbocycles. The van der Waals surface area contributed by atoms with Gasteiger partial charge >= 0.3 is 0 Å². The van der Waals surface area contributed by atoms with E-state index >= 15 is 0 Å². The molecule has 1 aromatic rings. The maximum Gasteiger partial charge on any atom is 0.0586 e. The molecule has 1 fully saturated rings. The molecule has 0 amide bonds. The number of aryl methyl sites for hydroxylation is 1. The summed E-state index contributed by atoms with van der Waals surface area (Å²) in [6.07, 6.45) is 3.34. The van der Waals surface area contributed by atoms with E-state index in [1.165, 1.54) is 17.5 Å². The van der Waals surface area contributed by atoms with E-state index in [-0.39, 0.29) is 11.0 Å². The highest BCUT2D eigenvalue weighted by atomic mass is 16.5. The largest absolute Gasteiger partial charge is 0.379 e. The van der Waals surface area contributed by atoms with Gasteiger partial charge in [-0.05, 0) is 37.8 Å². The van der Waals surface area contributed by atoms with Crippen LogP contribution < -0.4 is 5.73 Å². The Morgan fingerprint density at radius 3 is 2.22 bits per heavy atom. The Balaban J connectivity index is 2.17. The predicted molar refractivity (Wildman–Crippen MR) is 75.8 cm³/mol. The lowest BCUT2D eigenvalue weighted by Crippen LogP contribution is -2.53. The number of hydrogen-bond acceptors (Lipinski definition) is 2. The highest BCUT2D eigenvalue weighted by Crippen LogP contribution is 2.38. The minimum Gasteiger partial charge on any atom is -0.379 e. The minimum absolute atomic E-state index is 0.142. The molecule has 2 nitrogen and oxygen atoms in total. The number of rotatable bonds is 5. The summed E-state index contributed by atoms with van der Waals surface area (Å²) in [5.41, 5.74) is 8.99. The van der Waals surface area contributed by atoms with Crippen LogP contribution in [0.3, 0.4) is 0 Å². The first-order valence-corrected chi connectivity index (χ1v) is 6.91. The standard InChI is InChI=1S/C16H25NO/c1-4-5-13-6-8-14(9-7-13)16(11-18-12-16)10-15(2,3)17/h6-9H,4-5,10-12,17H2,1-3H3. The second-order valence-electron chi connectivity index (χ2n) is 6.39. The molecule has 0 spiro atoms. The molecular formula is C16H25NO. The van der Waals surface area contributed by atoms with Crippen LogP contribution in [-0.2, 0) is 16.6 Å². The molecule has 18 heavy (non-hydrogen) atoms. The van der Waals surface area contributed by atoms with Gasteiger partial charge in [-0.2, -0.15) is 0 Å². The normalized spacial score (nSPS) is 18.4. The lowest BCUT2D eigenvalue weighted by molar-refractivity contribution is -0.0719. The van der Waals surface area contributed by atoms with Crippen molar-refractivity contribution in [3.63, 3.8) is 0 Å². The van der Waals surface area contributed by atoms with E-state index in [1.807, 2.05) is 0 Å². The van der Waals surface area contributed by atoms with E-state index < -0.39 is 0 Å². The monoisotopic (exact) mass is 247 g/mol. The van der Waals surface area contributed by atoms with Gasteiger partial charge in [-0.3, -0.25) is 0 Å². The van der Waals surface area contributed by atoms with Gasteiger partial charge in [0.2, 0.25) is 0 Å². The molecule has 2 N–H and O–H groups in total. The Labute approximate surface area is 111 Å². The van der Waals surface area contributed by atoms with E-state index in [2.05, 4.69) is 45.0 Å². The van der Waals surface area contributed by atoms with Crippen molar-refractivity contribution in [1.29, 1.82) is 0 Å². The van der Waals surface area contributed by atoms with Crippen molar-refractivity contribution in [3.8, 4) is 0 Å². The zero-order chi connectivity index (χ0) is 13.2. The fourth-order valence-electron chi connectivity index (χ4n) is 2.91.